The molecule has 7 heteroatoms. The highest BCUT2D eigenvalue weighted by Crippen LogP contribution is 2.47. The molecule has 0 spiro atoms. The Morgan fingerprint density at radius 2 is 2.10 bits per heavy atom. The summed E-state index contributed by atoms with van der Waals surface area (Å²) < 4.78 is 5.13. The van der Waals surface area contributed by atoms with Crippen molar-refractivity contribution in [2.45, 2.75) is 25.8 Å². The molecule has 0 aliphatic carbocycles. The first-order chi connectivity index (χ1) is 13.9. The molecule has 29 heavy (non-hydrogen) atoms. The third kappa shape index (κ3) is 2.77. The van der Waals surface area contributed by atoms with Crippen LogP contribution in [-0.2, 0) is 16.8 Å². The van der Waals surface area contributed by atoms with Gasteiger partial charge in [-0.05, 0) is 32.0 Å². The van der Waals surface area contributed by atoms with Crippen LogP contribution in [0.15, 0.2) is 59.5 Å². The maximum absolute atomic E-state index is 13.0. The summed E-state index contributed by atoms with van der Waals surface area (Å²) in [4.78, 5) is 32.3. The van der Waals surface area contributed by atoms with Gasteiger partial charge in [-0.25, -0.2) is 0 Å². The minimum Gasteiger partial charge on any atom is -0.472 e. The van der Waals surface area contributed by atoms with Crippen molar-refractivity contribution >= 4 is 45.4 Å². The highest BCUT2D eigenvalue weighted by atomic mass is 32.1. The smallest absolute Gasteiger partial charge is 0.265 e. The van der Waals surface area contributed by atoms with Gasteiger partial charge in [0.2, 0.25) is 5.91 Å². The van der Waals surface area contributed by atoms with E-state index < -0.39 is 5.41 Å². The van der Waals surface area contributed by atoms with E-state index >= 15 is 0 Å². The van der Waals surface area contributed by atoms with Crippen LogP contribution in [0.3, 0.4) is 0 Å². The summed E-state index contributed by atoms with van der Waals surface area (Å²) in [7, 11) is 0. The van der Waals surface area contributed by atoms with E-state index in [1.54, 1.807) is 23.6 Å². The Kier molecular flexibility index (Phi) is 3.89. The number of thiophene rings is 1. The monoisotopic (exact) mass is 405 g/mol. The SMILES string of the molecule is CC1(C)C(=O)N(Cc2ccoc2)c2cc(C(=O)Nc3c[nH]c4ccccc34)sc21. The molecule has 6 nitrogen and oxygen atoms in total. The number of hydrogen-bond acceptors (Lipinski definition) is 4. The van der Waals surface area contributed by atoms with Crippen LogP contribution in [0.5, 0.6) is 0 Å². The Morgan fingerprint density at radius 3 is 2.90 bits per heavy atom. The molecule has 4 heterocycles. The number of H-pyrrole nitrogens is 1. The summed E-state index contributed by atoms with van der Waals surface area (Å²) in [6, 6.07) is 11.5. The van der Waals surface area contributed by atoms with Gasteiger partial charge < -0.3 is 19.6 Å². The molecular weight excluding hydrogens is 386 g/mol. The van der Waals surface area contributed by atoms with E-state index in [4.69, 9.17) is 4.42 Å². The topological polar surface area (TPSA) is 78.3 Å². The molecule has 4 aromatic rings. The summed E-state index contributed by atoms with van der Waals surface area (Å²) in [6.45, 7) is 4.23. The number of carbonyl (C=O) groups is 2. The molecule has 5 rings (SSSR count). The standard InChI is InChI=1S/C22H19N3O3S/c1-22(2)19-17(25(21(22)27)11-13-7-8-28-12-13)9-18(29-19)20(26)24-16-10-23-15-6-4-3-5-14(15)16/h3-10,12,23H,11H2,1-2H3,(H,24,26). The third-order valence-electron chi connectivity index (χ3n) is 5.33. The van der Waals surface area contributed by atoms with Crippen molar-refractivity contribution < 1.29 is 14.0 Å². The minimum atomic E-state index is -0.664. The number of fused-ring (bicyclic) bond motifs is 2. The molecule has 0 saturated carbocycles. The second kappa shape index (κ2) is 6.35. The first-order valence-electron chi connectivity index (χ1n) is 9.30. The predicted molar refractivity (Wildman–Crippen MR) is 113 cm³/mol. The lowest BCUT2D eigenvalue weighted by Gasteiger charge is -2.20. The maximum Gasteiger partial charge on any atom is 0.265 e. The number of aromatic amines is 1. The Morgan fingerprint density at radius 1 is 1.28 bits per heavy atom. The largest absolute Gasteiger partial charge is 0.472 e. The summed E-state index contributed by atoms with van der Waals surface area (Å²) in [5.74, 6) is -0.149. The van der Waals surface area contributed by atoms with Gasteiger partial charge in [0.25, 0.3) is 5.91 Å². The van der Waals surface area contributed by atoms with Crippen LogP contribution in [0.4, 0.5) is 11.4 Å². The van der Waals surface area contributed by atoms with Gasteiger partial charge in [-0.3, -0.25) is 9.59 Å². The number of para-hydroxylation sites is 1. The lowest BCUT2D eigenvalue weighted by Crippen LogP contribution is -2.35. The van der Waals surface area contributed by atoms with Crippen molar-refractivity contribution in [2.24, 2.45) is 0 Å². The van der Waals surface area contributed by atoms with E-state index in [2.05, 4.69) is 10.3 Å². The number of rotatable bonds is 4. The molecule has 0 saturated heterocycles. The van der Waals surface area contributed by atoms with Crippen molar-refractivity contribution in [1.29, 1.82) is 0 Å². The zero-order chi connectivity index (χ0) is 20.2. The Labute approximate surface area is 171 Å². The average Bonchev–Trinajstić information content (AvgIpc) is 3.47. The highest BCUT2D eigenvalue weighted by molar-refractivity contribution is 7.15. The van der Waals surface area contributed by atoms with E-state index in [1.165, 1.54) is 11.3 Å². The third-order valence-corrected chi connectivity index (χ3v) is 6.78. The lowest BCUT2D eigenvalue weighted by molar-refractivity contribution is -0.122. The van der Waals surface area contributed by atoms with Gasteiger partial charge in [-0.2, -0.15) is 0 Å². The van der Waals surface area contributed by atoms with Gasteiger partial charge in [0.1, 0.15) is 0 Å². The van der Waals surface area contributed by atoms with Crippen molar-refractivity contribution in [3.05, 3.63) is 70.4 Å². The molecule has 3 aromatic heterocycles. The highest BCUT2D eigenvalue weighted by Gasteiger charge is 2.46. The van der Waals surface area contributed by atoms with Crippen molar-refractivity contribution in [3.8, 4) is 0 Å². The summed E-state index contributed by atoms with van der Waals surface area (Å²) >= 11 is 1.38. The second-order valence-electron chi connectivity index (χ2n) is 7.67. The zero-order valence-electron chi connectivity index (χ0n) is 16.0. The van der Waals surface area contributed by atoms with Gasteiger partial charge in [0.05, 0.1) is 40.7 Å². The number of furan rings is 1. The van der Waals surface area contributed by atoms with Crippen LogP contribution in [0.25, 0.3) is 10.9 Å². The quantitative estimate of drug-likeness (QED) is 0.507. The van der Waals surface area contributed by atoms with E-state index in [-0.39, 0.29) is 11.8 Å². The fourth-order valence-corrected chi connectivity index (χ4v) is 4.92. The molecule has 146 valence electrons. The molecule has 0 bridgehead atoms. The van der Waals surface area contributed by atoms with E-state index in [1.807, 2.05) is 50.2 Å². The number of benzene rings is 1. The Balaban J connectivity index is 1.46. The number of nitrogens with zero attached hydrogens (tertiary/aromatic N) is 1. The van der Waals surface area contributed by atoms with Crippen LogP contribution >= 0.6 is 11.3 Å². The number of aromatic nitrogens is 1. The van der Waals surface area contributed by atoms with Crippen LogP contribution in [-0.4, -0.2) is 16.8 Å². The van der Waals surface area contributed by atoms with Crippen molar-refractivity contribution in [1.82, 2.24) is 4.98 Å². The van der Waals surface area contributed by atoms with Gasteiger partial charge in [-0.15, -0.1) is 11.3 Å². The van der Waals surface area contributed by atoms with Crippen LogP contribution < -0.4 is 10.2 Å². The number of carbonyl (C=O) groups excluding carboxylic acids is 2. The fraction of sp³-hybridized carbons (Fsp3) is 0.182. The van der Waals surface area contributed by atoms with Crippen molar-refractivity contribution in [3.63, 3.8) is 0 Å². The lowest BCUT2D eigenvalue weighted by atomic mass is 9.93. The summed E-state index contributed by atoms with van der Waals surface area (Å²) in [5, 5.41) is 3.95. The summed E-state index contributed by atoms with van der Waals surface area (Å²) in [6.07, 6.45) is 5.02. The zero-order valence-corrected chi connectivity index (χ0v) is 16.8. The van der Waals surface area contributed by atoms with Gasteiger partial charge in [-0.1, -0.05) is 18.2 Å². The number of anilines is 2. The van der Waals surface area contributed by atoms with E-state index in [9.17, 15) is 9.59 Å². The van der Waals surface area contributed by atoms with Gasteiger partial charge in [0.15, 0.2) is 0 Å². The van der Waals surface area contributed by atoms with Gasteiger partial charge >= 0.3 is 0 Å². The molecule has 1 aliphatic rings. The normalized spacial score (nSPS) is 15.1. The molecule has 1 aromatic carbocycles. The van der Waals surface area contributed by atoms with Gasteiger partial charge in [0, 0.05) is 27.5 Å². The molecule has 2 N–H and O–H groups in total. The van der Waals surface area contributed by atoms with E-state index in [0.29, 0.717) is 11.4 Å². The Hall–Kier alpha value is -3.32. The van der Waals surface area contributed by atoms with Crippen LogP contribution in [0.2, 0.25) is 0 Å². The molecule has 1 aliphatic heterocycles. The first kappa shape index (κ1) is 17.8. The molecule has 0 atom stereocenters. The number of amides is 2. The predicted octanol–water partition coefficient (Wildman–Crippen LogP) is 4.90. The molecule has 0 radical (unpaired) electrons. The minimum absolute atomic E-state index is 0.0311. The Bertz CT molecular complexity index is 1230. The molecule has 0 unspecified atom stereocenters. The first-order valence-corrected chi connectivity index (χ1v) is 10.1. The van der Waals surface area contributed by atoms with E-state index in [0.717, 1.165) is 32.7 Å². The number of nitrogens with one attached hydrogen (secondary N) is 2. The molecule has 2 amide bonds. The number of hydrogen-bond donors (Lipinski definition) is 2. The maximum atomic E-state index is 13.0. The van der Waals surface area contributed by atoms with Crippen molar-refractivity contribution in [2.75, 3.05) is 10.2 Å². The average molecular weight is 405 g/mol. The summed E-state index contributed by atoms with van der Waals surface area (Å²) in [5.41, 5.74) is 2.76. The fourth-order valence-electron chi connectivity index (χ4n) is 3.77. The van der Waals surface area contributed by atoms with Crippen LogP contribution in [0.1, 0.15) is 34.0 Å². The second-order valence-corrected chi connectivity index (χ2v) is 8.73. The molecule has 0 fully saturated rings. The molecular formula is C22H19N3O3S. The van der Waals surface area contributed by atoms with Crippen LogP contribution in [0, 0.1) is 0 Å².